The molecule has 16 aliphatic carbocycles. The first-order valence-electron chi connectivity index (χ1n) is 30.6. The van der Waals surface area contributed by atoms with Gasteiger partial charge in [0, 0.05) is 89.5 Å². The van der Waals surface area contributed by atoms with Gasteiger partial charge in [0.15, 0.2) is 0 Å². The first-order chi connectivity index (χ1) is 36.5. The molecule has 11 fully saturated rings. The molecular formula is C68H58N6. The molecule has 16 aliphatic rings. The zero-order chi connectivity index (χ0) is 46.3. The Kier molecular flexibility index (Phi) is 5.29. The maximum absolute atomic E-state index is 5.67. The molecule has 0 radical (unpaired) electrons. The van der Waals surface area contributed by atoms with Crippen molar-refractivity contribution in [3.05, 3.63) is 94.1 Å². The van der Waals surface area contributed by atoms with E-state index in [-0.39, 0.29) is 0 Å². The van der Waals surface area contributed by atoms with Crippen LogP contribution in [0.2, 0.25) is 0 Å². The Morgan fingerprint density at radius 1 is 0.338 bits per heavy atom. The topological polar surface area (TPSA) is 60.4 Å². The summed E-state index contributed by atoms with van der Waals surface area (Å²) in [5.41, 5.74) is 25.5. The standard InChI is InChI=1S/C68H58N6/c1-26-2-30-3-27(1)5-31(4-26)60-52(30)54-41-9-28(10-42-55-49(73(64(41)42)48(54)22-69-60)25-72-63-47-18-40-13-35-6-32(53(55)63)19-68(35,40)47)29-11-43-56-50(23-70-61-33-7-36-14-38-16-45(58(56)61)66(36,38)20-33)74-51-24-71-62-34-8-37-15-39-17-46(67(37,39)21-34)59(62)57(51)44(12-29)65(43)74/h9-12,22-27,30-40,45-47H,1-8,13-21H2. The van der Waals surface area contributed by atoms with Gasteiger partial charge in [-0.25, -0.2) is 0 Å². The van der Waals surface area contributed by atoms with Crippen molar-refractivity contribution < 1.29 is 0 Å². The zero-order valence-electron chi connectivity index (χ0n) is 42.1. The van der Waals surface area contributed by atoms with Gasteiger partial charge >= 0.3 is 0 Å². The molecule has 8 aromatic heterocycles. The fourth-order valence-corrected chi connectivity index (χ4v) is 26.9. The summed E-state index contributed by atoms with van der Waals surface area (Å²) in [5, 5.41) is 12.3. The lowest BCUT2D eigenvalue weighted by molar-refractivity contribution is -0.147. The number of pyridine rings is 4. The van der Waals surface area contributed by atoms with Crippen molar-refractivity contribution in [1.29, 1.82) is 0 Å². The largest absolute Gasteiger partial charge is 0.305 e. The molecule has 0 amide bonds. The Hall–Kier alpha value is -5.36. The number of rotatable bonds is 1. The molecule has 10 aromatic rings. The molecule has 17 unspecified atom stereocenters. The summed E-state index contributed by atoms with van der Waals surface area (Å²) in [6.07, 6.45) is 33.2. The summed E-state index contributed by atoms with van der Waals surface area (Å²) in [4.78, 5) is 22.6. The second kappa shape index (κ2) is 10.7. The lowest BCUT2D eigenvalue weighted by Crippen LogP contribution is -2.59. The molecule has 6 heteroatoms. The zero-order valence-corrected chi connectivity index (χ0v) is 42.1. The van der Waals surface area contributed by atoms with Gasteiger partial charge in [0.2, 0.25) is 0 Å². The third-order valence-electron chi connectivity index (χ3n) is 29.0. The van der Waals surface area contributed by atoms with Gasteiger partial charge in [-0.2, -0.15) is 0 Å². The Labute approximate surface area is 428 Å². The molecule has 360 valence electrons. The van der Waals surface area contributed by atoms with Gasteiger partial charge in [-0.15, -0.1) is 0 Å². The molecule has 0 N–H and O–H groups in total. The van der Waals surface area contributed by atoms with E-state index in [1.54, 1.807) is 43.8 Å². The SMILES string of the molecule is c1c(-c2cc3c4c5c(ncc4n4c6cnc7c(c6c(c2)c34)C2CC3CC4CC7CC432)C2CC3CC4CC5C34C2)cc2c3c4c(ncc3n3c5cnc6c(c5c1c23)C1CC2CC(CC6C2)C1)C1CC2CC3CC4CC321. The quantitative estimate of drug-likeness (QED) is 0.164. The van der Waals surface area contributed by atoms with E-state index in [1.165, 1.54) is 198 Å². The summed E-state index contributed by atoms with van der Waals surface area (Å²) in [6.45, 7) is 0. The van der Waals surface area contributed by atoms with Gasteiger partial charge in [0.05, 0.1) is 57.9 Å². The fourth-order valence-electron chi connectivity index (χ4n) is 26.9. The van der Waals surface area contributed by atoms with Gasteiger partial charge in [0.1, 0.15) is 0 Å². The van der Waals surface area contributed by atoms with Crippen LogP contribution in [0.25, 0.3) is 87.3 Å². The number of aromatic nitrogens is 6. The monoisotopic (exact) mass is 958 g/mol. The van der Waals surface area contributed by atoms with Crippen molar-refractivity contribution in [3.8, 4) is 11.1 Å². The third kappa shape index (κ3) is 3.29. The first-order valence-corrected chi connectivity index (χ1v) is 30.6. The maximum atomic E-state index is 5.67. The van der Waals surface area contributed by atoms with Crippen LogP contribution in [0.4, 0.5) is 0 Å². The molecule has 74 heavy (non-hydrogen) atoms. The second-order valence-corrected chi connectivity index (χ2v) is 30.1. The average molecular weight is 959 g/mol. The average Bonchev–Trinajstić information content (AvgIpc) is 4.29. The van der Waals surface area contributed by atoms with E-state index in [4.69, 9.17) is 19.9 Å². The van der Waals surface area contributed by atoms with Crippen LogP contribution in [-0.4, -0.2) is 28.7 Å². The predicted octanol–water partition coefficient (Wildman–Crippen LogP) is 15.6. The van der Waals surface area contributed by atoms with Crippen molar-refractivity contribution in [2.75, 3.05) is 0 Å². The number of fused-ring (bicyclic) bond motifs is 27. The van der Waals surface area contributed by atoms with E-state index in [1.807, 2.05) is 0 Å². The Balaban J connectivity index is 0.835. The van der Waals surface area contributed by atoms with E-state index in [0.717, 1.165) is 47.3 Å². The summed E-state index contributed by atoms with van der Waals surface area (Å²) >= 11 is 0. The lowest BCUT2D eigenvalue weighted by atomic mass is 9.36. The fraction of sp³-hybridized carbons (Fsp3) is 0.529. The molecule has 10 bridgehead atoms. The van der Waals surface area contributed by atoms with Crippen LogP contribution >= 0.6 is 0 Å². The van der Waals surface area contributed by atoms with E-state index < -0.39 is 0 Å². The van der Waals surface area contributed by atoms with Gasteiger partial charge in [-0.05, 0) is 254 Å². The summed E-state index contributed by atoms with van der Waals surface area (Å²) < 4.78 is 5.45. The smallest absolute Gasteiger partial charge is 0.0728 e. The number of benzene rings is 2. The van der Waals surface area contributed by atoms with Gasteiger partial charge < -0.3 is 8.80 Å². The van der Waals surface area contributed by atoms with Crippen molar-refractivity contribution in [2.24, 2.45) is 63.6 Å². The molecule has 0 saturated heterocycles. The highest BCUT2D eigenvalue weighted by Crippen LogP contribution is 2.85. The Bertz CT molecular complexity index is 4400. The van der Waals surface area contributed by atoms with Crippen LogP contribution in [0.15, 0.2) is 49.1 Å². The van der Waals surface area contributed by atoms with Crippen LogP contribution < -0.4 is 0 Å². The molecule has 0 aliphatic heterocycles. The van der Waals surface area contributed by atoms with Crippen molar-refractivity contribution in [3.63, 3.8) is 0 Å². The molecular weight excluding hydrogens is 901 g/mol. The van der Waals surface area contributed by atoms with E-state index in [0.29, 0.717) is 63.6 Å². The van der Waals surface area contributed by atoms with Crippen LogP contribution in [-0.2, 0) is 0 Å². The highest BCUT2D eigenvalue weighted by molar-refractivity contribution is 6.28. The molecule has 6 nitrogen and oxygen atoms in total. The van der Waals surface area contributed by atoms with Crippen LogP contribution in [0, 0.1) is 63.6 Å². The van der Waals surface area contributed by atoms with Gasteiger partial charge in [0.25, 0.3) is 0 Å². The van der Waals surface area contributed by atoms with E-state index >= 15 is 0 Å². The second-order valence-electron chi connectivity index (χ2n) is 30.1. The molecule has 26 rings (SSSR count). The highest BCUT2D eigenvalue weighted by atomic mass is 15.0. The minimum absolute atomic E-state index is 0.555. The lowest BCUT2D eigenvalue weighted by Gasteiger charge is -2.68. The van der Waals surface area contributed by atoms with E-state index in [2.05, 4.69) is 57.9 Å². The first kappa shape index (κ1) is 36.6. The van der Waals surface area contributed by atoms with Crippen LogP contribution in [0.3, 0.4) is 0 Å². The molecule has 2 aromatic carbocycles. The van der Waals surface area contributed by atoms with Gasteiger partial charge in [-0.3, -0.25) is 19.9 Å². The van der Waals surface area contributed by atoms with Crippen molar-refractivity contribution in [2.45, 2.75) is 156 Å². The Morgan fingerprint density at radius 2 is 0.716 bits per heavy atom. The molecule has 3 spiro atoms. The minimum Gasteiger partial charge on any atom is -0.305 e. The van der Waals surface area contributed by atoms with Crippen LogP contribution in [0.1, 0.15) is 202 Å². The molecule has 17 atom stereocenters. The third-order valence-corrected chi connectivity index (χ3v) is 29.0. The van der Waals surface area contributed by atoms with E-state index in [9.17, 15) is 0 Å². The normalized spacial score (nSPS) is 44.3. The number of nitrogens with zero attached hydrogens (tertiary/aromatic N) is 6. The Morgan fingerprint density at radius 3 is 1.22 bits per heavy atom. The molecule has 11 saturated carbocycles. The highest BCUT2D eigenvalue weighted by Gasteiger charge is 2.75. The van der Waals surface area contributed by atoms with Crippen molar-refractivity contribution >= 4 is 76.2 Å². The van der Waals surface area contributed by atoms with Crippen LogP contribution in [0.5, 0.6) is 0 Å². The minimum atomic E-state index is 0.555. The summed E-state index contributed by atoms with van der Waals surface area (Å²) in [6, 6.07) is 11.0. The van der Waals surface area contributed by atoms with Gasteiger partial charge in [-0.1, -0.05) is 0 Å². The maximum Gasteiger partial charge on any atom is 0.0728 e. The molecule has 8 heterocycles. The van der Waals surface area contributed by atoms with Crippen molar-refractivity contribution in [1.82, 2.24) is 28.7 Å². The number of hydrogen-bond acceptors (Lipinski definition) is 4. The predicted molar refractivity (Wildman–Crippen MR) is 288 cm³/mol. The summed E-state index contributed by atoms with van der Waals surface area (Å²) in [7, 11) is 0. The summed E-state index contributed by atoms with van der Waals surface area (Å²) in [5.74, 6) is 12.5. The number of hydrogen-bond donors (Lipinski definition) is 0.